The summed E-state index contributed by atoms with van der Waals surface area (Å²) < 4.78 is 39.1. The van der Waals surface area contributed by atoms with Crippen molar-refractivity contribution in [2.24, 2.45) is 0 Å². The fraction of sp³-hybridized carbons (Fsp3) is 0.364. The average molecular weight is 292 g/mol. The van der Waals surface area contributed by atoms with Crippen molar-refractivity contribution < 1.29 is 32.0 Å². The van der Waals surface area contributed by atoms with Crippen molar-refractivity contribution in [3.05, 3.63) is 29.8 Å². The number of carbonyl (C=O) groups is 1. The van der Waals surface area contributed by atoms with Gasteiger partial charge in [0, 0.05) is 5.56 Å². The minimum Gasteiger partial charge on any atom is -0.469 e. The fourth-order valence-corrected chi connectivity index (χ4v) is 2.23. The third-order valence-electron chi connectivity index (χ3n) is 2.47. The molecule has 2 N–H and O–H groups in total. The summed E-state index contributed by atoms with van der Waals surface area (Å²) in [5.74, 6) is -0.785. The van der Waals surface area contributed by atoms with Crippen molar-refractivity contribution in [1.82, 2.24) is 0 Å². The van der Waals surface area contributed by atoms with Crippen molar-refractivity contribution in [2.75, 3.05) is 7.11 Å². The number of carbonyl (C=O) groups excluding carboxylic acids is 1. The standard InChI is InChI=1S/C11H13FO6S/c1-18-10(14)6-8(13)11(15)7-4-2-3-5-9(7)19(12,16)17/h2-5,8,11,13,15H,6H2,1H3. The lowest BCUT2D eigenvalue weighted by molar-refractivity contribution is -0.144. The van der Waals surface area contributed by atoms with Crippen LogP contribution in [0.1, 0.15) is 18.1 Å². The maximum Gasteiger partial charge on any atom is 0.332 e. The van der Waals surface area contributed by atoms with Gasteiger partial charge in [-0.2, -0.15) is 8.42 Å². The smallest absolute Gasteiger partial charge is 0.332 e. The normalized spacial score (nSPS) is 14.7. The number of ether oxygens (including phenoxy) is 1. The van der Waals surface area contributed by atoms with Gasteiger partial charge < -0.3 is 14.9 Å². The van der Waals surface area contributed by atoms with E-state index in [-0.39, 0.29) is 5.56 Å². The summed E-state index contributed by atoms with van der Waals surface area (Å²) in [5.41, 5.74) is -0.318. The van der Waals surface area contributed by atoms with Crippen molar-refractivity contribution in [1.29, 1.82) is 0 Å². The quantitative estimate of drug-likeness (QED) is 0.598. The van der Waals surface area contributed by atoms with Crippen molar-refractivity contribution in [3.8, 4) is 0 Å². The molecule has 0 aromatic heterocycles. The molecule has 0 bridgehead atoms. The predicted molar refractivity (Wildman–Crippen MR) is 62.3 cm³/mol. The lowest BCUT2D eigenvalue weighted by Crippen LogP contribution is -2.23. The van der Waals surface area contributed by atoms with E-state index in [0.717, 1.165) is 19.2 Å². The Bertz CT molecular complexity index is 556. The second kappa shape index (κ2) is 6.09. The highest BCUT2D eigenvalue weighted by molar-refractivity contribution is 7.86. The van der Waals surface area contributed by atoms with Gasteiger partial charge in [0.25, 0.3) is 0 Å². The van der Waals surface area contributed by atoms with Crippen LogP contribution in [0.2, 0.25) is 0 Å². The first-order chi connectivity index (χ1) is 8.77. The minimum atomic E-state index is -5.03. The second-order valence-corrected chi connectivity index (χ2v) is 5.08. The minimum absolute atomic E-state index is 0.318. The molecule has 106 valence electrons. The number of hydrogen-bond donors (Lipinski definition) is 2. The predicted octanol–water partition coefficient (Wildman–Crippen LogP) is 0.302. The Morgan fingerprint density at radius 2 is 1.95 bits per heavy atom. The number of rotatable bonds is 5. The molecule has 2 unspecified atom stereocenters. The lowest BCUT2D eigenvalue weighted by Gasteiger charge is -2.18. The topological polar surface area (TPSA) is 101 Å². The second-order valence-electron chi connectivity index (χ2n) is 3.77. The molecule has 8 heteroatoms. The molecule has 1 aromatic rings. The maximum absolute atomic E-state index is 13.0. The van der Waals surface area contributed by atoms with Gasteiger partial charge in [-0.15, -0.1) is 3.89 Å². The Hall–Kier alpha value is -1.51. The summed E-state index contributed by atoms with van der Waals surface area (Å²) in [6.07, 6.45) is -3.87. The zero-order chi connectivity index (χ0) is 14.6. The molecule has 6 nitrogen and oxygen atoms in total. The van der Waals surface area contributed by atoms with E-state index < -0.39 is 39.7 Å². The van der Waals surface area contributed by atoms with E-state index >= 15 is 0 Å². The molecule has 0 aliphatic heterocycles. The summed E-state index contributed by atoms with van der Waals surface area (Å²) in [7, 11) is -3.93. The molecule has 0 spiro atoms. The van der Waals surface area contributed by atoms with Crippen LogP contribution in [-0.2, 0) is 19.8 Å². The molecular formula is C11H13FO6S. The molecule has 0 aliphatic carbocycles. The van der Waals surface area contributed by atoms with Crippen molar-refractivity contribution >= 4 is 16.2 Å². The van der Waals surface area contributed by atoms with Gasteiger partial charge in [-0.1, -0.05) is 18.2 Å². The third-order valence-corrected chi connectivity index (χ3v) is 3.37. The Morgan fingerprint density at radius 3 is 2.47 bits per heavy atom. The van der Waals surface area contributed by atoms with Gasteiger partial charge in [-0.25, -0.2) is 0 Å². The number of aliphatic hydroxyl groups is 2. The van der Waals surface area contributed by atoms with Gasteiger partial charge in [-0.3, -0.25) is 4.79 Å². The van der Waals surface area contributed by atoms with E-state index in [1.165, 1.54) is 12.1 Å². The Kier molecular flexibility index (Phi) is 4.98. The molecule has 1 rings (SSSR count). The molecule has 0 saturated heterocycles. The van der Waals surface area contributed by atoms with Gasteiger partial charge in [0.15, 0.2) is 0 Å². The van der Waals surface area contributed by atoms with Crippen LogP contribution in [0, 0.1) is 0 Å². The first kappa shape index (κ1) is 15.5. The summed E-state index contributed by atoms with van der Waals surface area (Å²) in [6.45, 7) is 0. The van der Waals surface area contributed by atoms with E-state index in [0.29, 0.717) is 0 Å². The Morgan fingerprint density at radius 1 is 1.37 bits per heavy atom. The first-order valence-corrected chi connectivity index (χ1v) is 6.62. The van der Waals surface area contributed by atoms with E-state index in [2.05, 4.69) is 4.74 Å². The summed E-state index contributed by atoms with van der Waals surface area (Å²) in [4.78, 5) is 10.2. The van der Waals surface area contributed by atoms with E-state index in [1.807, 2.05) is 0 Å². The van der Waals surface area contributed by atoms with Crippen LogP contribution in [0.15, 0.2) is 29.2 Å². The molecule has 2 atom stereocenters. The van der Waals surface area contributed by atoms with Crippen LogP contribution < -0.4 is 0 Å². The highest BCUT2D eigenvalue weighted by Crippen LogP contribution is 2.27. The highest BCUT2D eigenvalue weighted by atomic mass is 32.3. The molecule has 0 heterocycles. The van der Waals surface area contributed by atoms with Crippen LogP contribution in [0.25, 0.3) is 0 Å². The van der Waals surface area contributed by atoms with Gasteiger partial charge in [0.1, 0.15) is 11.0 Å². The van der Waals surface area contributed by atoms with Gasteiger partial charge in [-0.05, 0) is 6.07 Å². The number of hydrogen-bond acceptors (Lipinski definition) is 6. The lowest BCUT2D eigenvalue weighted by atomic mass is 10.0. The van der Waals surface area contributed by atoms with Crippen molar-refractivity contribution in [2.45, 2.75) is 23.5 Å². The van der Waals surface area contributed by atoms with Gasteiger partial charge >= 0.3 is 16.2 Å². The molecule has 0 aliphatic rings. The first-order valence-electron chi connectivity index (χ1n) is 5.24. The maximum atomic E-state index is 13.0. The molecule has 19 heavy (non-hydrogen) atoms. The van der Waals surface area contributed by atoms with Crippen LogP contribution in [0.3, 0.4) is 0 Å². The summed E-state index contributed by atoms with van der Waals surface area (Å²) in [6, 6.07) is 4.75. The number of halogens is 1. The summed E-state index contributed by atoms with van der Waals surface area (Å²) in [5, 5.41) is 19.4. The molecule has 1 aromatic carbocycles. The molecule has 0 saturated carbocycles. The zero-order valence-electron chi connectivity index (χ0n) is 9.98. The molecular weight excluding hydrogens is 279 g/mol. The highest BCUT2D eigenvalue weighted by Gasteiger charge is 2.27. The Labute approximate surface area is 109 Å². The van der Waals surface area contributed by atoms with Crippen LogP contribution in [0.5, 0.6) is 0 Å². The molecule has 0 fully saturated rings. The van der Waals surface area contributed by atoms with Crippen LogP contribution >= 0.6 is 0 Å². The number of methoxy groups -OCH3 is 1. The number of esters is 1. The van der Waals surface area contributed by atoms with Crippen LogP contribution in [0.4, 0.5) is 3.89 Å². The number of benzene rings is 1. The average Bonchev–Trinajstić information content (AvgIpc) is 2.36. The van der Waals surface area contributed by atoms with Gasteiger partial charge in [0.05, 0.1) is 19.6 Å². The number of aliphatic hydroxyl groups excluding tert-OH is 2. The van der Waals surface area contributed by atoms with E-state index in [1.54, 1.807) is 0 Å². The van der Waals surface area contributed by atoms with Gasteiger partial charge in [0.2, 0.25) is 0 Å². The SMILES string of the molecule is COC(=O)CC(O)C(O)c1ccccc1S(=O)(=O)F. The van der Waals surface area contributed by atoms with E-state index in [9.17, 15) is 27.3 Å². The largest absolute Gasteiger partial charge is 0.469 e. The Balaban J connectivity index is 3.06. The summed E-state index contributed by atoms with van der Waals surface area (Å²) >= 11 is 0. The molecule has 0 amide bonds. The van der Waals surface area contributed by atoms with E-state index in [4.69, 9.17) is 0 Å². The third kappa shape index (κ3) is 3.98. The van der Waals surface area contributed by atoms with Crippen molar-refractivity contribution in [3.63, 3.8) is 0 Å². The zero-order valence-corrected chi connectivity index (χ0v) is 10.8. The monoisotopic (exact) mass is 292 g/mol. The fourth-order valence-electron chi connectivity index (χ4n) is 1.52. The molecule has 0 radical (unpaired) electrons. The van der Waals surface area contributed by atoms with Crippen LogP contribution in [-0.4, -0.2) is 37.8 Å².